The van der Waals surface area contributed by atoms with Gasteiger partial charge in [0, 0.05) is 18.4 Å². The van der Waals surface area contributed by atoms with Gasteiger partial charge < -0.3 is 29.5 Å². The van der Waals surface area contributed by atoms with Gasteiger partial charge in [-0.2, -0.15) is 0 Å². The van der Waals surface area contributed by atoms with Gasteiger partial charge in [-0.25, -0.2) is 9.59 Å². The molecule has 0 spiro atoms. The van der Waals surface area contributed by atoms with Crippen molar-refractivity contribution in [2.45, 2.75) is 116 Å². The zero-order valence-corrected chi connectivity index (χ0v) is 32.7. The van der Waals surface area contributed by atoms with Gasteiger partial charge in [0.15, 0.2) is 6.29 Å². The summed E-state index contributed by atoms with van der Waals surface area (Å²) in [6, 6.07) is 12.5. The van der Waals surface area contributed by atoms with E-state index in [2.05, 4.69) is 50.2 Å². The van der Waals surface area contributed by atoms with Crippen LogP contribution in [-0.2, 0) is 9.47 Å². The summed E-state index contributed by atoms with van der Waals surface area (Å²) in [5.74, 6) is -0.0825. The zero-order chi connectivity index (χ0) is 35.5. The van der Waals surface area contributed by atoms with Crippen molar-refractivity contribution >= 4 is 45.7 Å². The van der Waals surface area contributed by atoms with Crippen molar-refractivity contribution in [2.24, 2.45) is 0 Å². The molecule has 270 valence electrons. The van der Waals surface area contributed by atoms with Gasteiger partial charge in [0.25, 0.3) is 0 Å². The number of phenolic OH excluding ortho intramolecular Hbond substituents is 1. The molecule has 11 heteroatoms. The van der Waals surface area contributed by atoms with Crippen LogP contribution >= 0.6 is 33.8 Å². The first-order valence-electron chi connectivity index (χ1n) is 16.7. The quantitative estimate of drug-likeness (QED) is 0.0378. The third-order valence-electron chi connectivity index (χ3n) is 6.93. The largest absolute Gasteiger partial charge is 0.508 e. The summed E-state index contributed by atoms with van der Waals surface area (Å²) in [5.41, 5.74) is 0.904. The van der Waals surface area contributed by atoms with Gasteiger partial charge >= 0.3 is 11.9 Å². The van der Waals surface area contributed by atoms with Crippen molar-refractivity contribution in [3.8, 4) is 11.5 Å². The number of aliphatic hydroxyl groups is 2. The molecule has 8 nitrogen and oxygen atoms in total. The molecule has 3 N–H and O–H groups in total. The topological polar surface area (TPSA) is 123 Å². The Hall–Kier alpha value is -1.76. The number of hydrogen-bond donors (Lipinski definition) is 3. The number of alkyl halides is 1. The highest BCUT2D eigenvalue weighted by molar-refractivity contribution is 9.09. The van der Waals surface area contributed by atoms with Gasteiger partial charge in [0.2, 0.25) is 0 Å². The number of aromatic hydroxyl groups is 1. The van der Waals surface area contributed by atoms with E-state index in [1.807, 2.05) is 0 Å². The van der Waals surface area contributed by atoms with E-state index in [-0.39, 0.29) is 11.7 Å². The lowest BCUT2D eigenvalue weighted by molar-refractivity contribution is -0.0246. The fourth-order valence-corrected chi connectivity index (χ4v) is 4.66. The van der Waals surface area contributed by atoms with E-state index in [1.54, 1.807) is 24.3 Å². The van der Waals surface area contributed by atoms with Crippen LogP contribution in [0.3, 0.4) is 0 Å². The molecule has 2 aromatic carbocycles. The lowest BCUT2D eigenvalue weighted by atomic mass is 10.1. The smallest absolute Gasteiger partial charge is 0.337 e. The molecule has 0 saturated heterocycles. The minimum atomic E-state index is -0.792. The van der Waals surface area contributed by atoms with Crippen LogP contribution in [0.1, 0.15) is 130 Å². The minimum absolute atomic E-state index is 0.137. The fraction of sp³-hybridized carbons (Fsp3) is 0.611. The average molecular weight is 764 g/mol. The van der Waals surface area contributed by atoms with Crippen molar-refractivity contribution in [3.05, 3.63) is 59.7 Å². The molecule has 0 heterocycles. The predicted molar refractivity (Wildman–Crippen MR) is 204 cm³/mol. The van der Waals surface area contributed by atoms with Crippen LogP contribution in [0, 0.1) is 0 Å². The normalized spacial score (nSPS) is 10.6. The highest BCUT2D eigenvalue weighted by Crippen LogP contribution is 2.17. The monoisotopic (exact) mass is 762 g/mol. The molecule has 0 aliphatic rings. The molecular formula is C36H61BrO8P2. The first kappa shape index (κ1) is 47.4. The molecule has 0 bridgehead atoms. The number of halogens is 1. The molecule has 0 aliphatic carbocycles. The number of methoxy groups -OCH3 is 2. The molecule has 0 aromatic heterocycles. The van der Waals surface area contributed by atoms with E-state index < -0.39 is 12.3 Å². The maximum atomic E-state index is 11.3. The van der Waals surface area contributed by atoms with Crippen molar-refractivity contribution < 1.29 is 39.1 Å². The molecule has 0 saturated carbocycles. The zero-order valence-electron chi connectivity index (χ0n) is 28.8. The van der Waals surface area contributed by atoms with Crippen molar-refractivity contribution in [1.29, 1.82) is 0 Å². The Morgan fingerprint density at radius 3 is 1.51 bits per heavy atom. The predicted octanol–water partition coefficient (Wildman–Crippen LogP) is 9.64. The Labute approximate surface area is 297 Å². The maximum absolute atomic E-state index is 11.3. The summed E-state index contributed by atoms with van der Waals surface area (Å²) in [6.45, 7) is 2.58. The van der Waals surface area contributed by atoms with Crippen molar-refractivity contribution in [1.82, 2.24) is 0 Å². The SMILES string of the molecule is CCCCCCCCCC(O)Oc1ccc(C(=O)OC)cc1.COC(=O)c1ccc(O)cc1.OCCCCCCCCCCBr.PP. The second-order valence-corrected chi connectivity index (χ2v) is 11.6. The van der Waals surface area contributed by atoms with Gasteiger partial charge in [-0.05, 0) is 67.8 Å². The molecule has 3 unspecified atom stereocenters. The van der Waals surface area contributed by atoms with Gasteiger partial charge in [-0.3, -0.25) is 0 Å². The first-order chi connectivity index (χ1) is 22.8. The standard InChI is InChI=1S/C18H28O4.C10H21BrO.C8H8O3.H4P2/c1-3-4-5-6-7-8-9-10-17(19)22-16-13-11-15(12-14-16)18(20)21-2;11-9-7-5-3-1-2-4-6-8-10-12;1-11-8(10)6-2-4-7(9)5-3-6;1-2/h11-14,17,19H,3-10H2,1-2H3;12H,1-10H2;2-5,9H,1H3;1-2H2. The van der Waals surface area contributed by atoms with E-state index in [9.17, 15) is 14.7 Å². The molecule has 47 heavy (non-hydrogen) atoms. The lowest BCUT2D eigenvalue weighted by Crippen LogP contribution is -2.15. The molecule has 3 atom stereocenters. The van der Waals surface area contributed by atoms with E-state index in [0.717, 1.165) is 24.6 Å². The van der Waals surface area contributed by atoms with Crippen LogP contribution < -0.4 is 4.74 Å². The van der Waals surface area contributed by atoms with Crippen molar-refractivity contribution in [2.75, 3.05) is 26.2 Å². The molecule has 0 fully saturated rings. The number of benzene rings is 2. The molecular weight excluding hydrogens is 702 g/mol. The van der Waals surface area contributed by atoms with Gasteiger partial charge in [-0.1, -0.05) is 99.9 Å². The molecule has 0 radical (unpaired) electrons. The van der Waals surface area contributed by atoms with E-state index in [4.69, 9.17) is 14.9 Å². The first-order valence-corrected chi connectivity index (χ1v) is 20.5. The van der Waals surface area contributed by atoms with E-state index in [1.165, 1.54) is 116 Å². The number of phenols is 1. The number of carbonyl (C=O) groups is 2. The summed E-state index contributed by atoms with van der Waals surface area (Å²) in [7, 11) is 7.33. The van der Waals surface area contributed by atoms with E-state index in [0.29, 0.717) is 29.9 Å². The second kappa shape index (κ2) is 35.5. The lowest BCUT2D eigenvalue weighted by Gasteiger charge is -2.13. The summed E-state index contributed by atoms with van der Waals surface area (Å²) in [5, 5.41) is 28.4. The van der Waals surface area contributed by atoms with E-state index >= 15 is 0 Å². The van der Waals surface area contributed by atoms with Crippen LogP contribution in [-0.4, -0.2) is 59.7 Å². The number of unbranched alkanes of at least 4 members (excludes halogenated alkanes) is 13. The second-order valence-electron chi connectivity index (χ2n) is 10.8. The Balaban J connectivity index is 0. The molecule has 2 aromatic rings. The Morgan fingerprint density at radius 2 is 1.09 bits per heavy atom. The summed E-state index contributed by atoms with van der Waals surface area (Å²) in [4.78, 5) is 22.1. The third kappa shape index (κ3) is 28.9. The third-order valence-corrected chi connectivity index (χ3v) is 7.49. The average Bonchev–Trinajstić information content (AvgIpc) is 3.10. The highest BCUT2D eigenvalue weighted by atomic mass is 79.9. The Kier molecular flexibility index (Phi) is 35.8. The fourth-order valence-electron chi connectivity index (χ4n) is 4.26. The Morgan fingerprint density at radius 1 is 0.681 bits per heavy atom. The number of hydrogen-bond acceptors (Lipinski definition) is 8. The van der Waals surface area contributed by atoms with Gasteiger partial charge in [0.05, 0.1) is 25.3 Å². The number of carbonyl (C=O) groups excluding carboxylic acids is 2. The number of esters is 2. The van der Waals surface area contributed by atoms with Gasteiger partial charge in [-0.15, -0.1) is 17.9 Å². The van der Waals surface area contributed by atoms with Crippen LogP contribution in [0.15, 0.2) is 48.5 Å². The summed E-state index contributed by atoms with van der Waals surface area (Å²) in [6.07, 6.45) is 18.6. The van der Waals surface area contributed by atoms with Gasteiger partial charge in [0.1, 0.15) is 11.5 Å². The van der Waals surface area contributed by atoms with Crippen LogP contribution in [0.2, 0.25) is 0 Å². The Bertz CT molecular complexity index is 968. The number of rotatable bonds is 21. The molecule has 0 aliphatic heterocycles. The van der Waals surface area contributed by atoms with Crippen LogP contribution in [0.25, 0.3) is 0 Å². The van der Waals surface area contributed by atoms with Crippen LogP contribution in [0.5, 0.6) is 11.5 Å². The maximum Gasteiger partial charge on any atom is 0.337 e. The van der Waals surface area contributed by atoms with Crippen molar-refractivity contribution in [3.63, 3.8) is 0 Å². The highest BCUT2D eigenvalue weighted by Gasteiger charge is 2.08. The van der Waals surface area contributed by atoms with Crippen LogP contribution in [0.4, 0.5) is 0 Å². The minimum Gasteiger partial charge on any atom is -0.508 e. The number of ether oxygens (including phenoxy) is 3. The molecule has 2 rings (SSSR count). The summed E-state index contributed by atoms with van der Waals surface area (Å²) < 4.78 is 14.5. The number of aliphatic hydroxyl groups excluding tert-OH is 2. The summed E-state index contributed by atoms with van der Waals surface area (Å²) >= 11 is 3.42. The molecule has 0 amide bonds.